The van der Waals surface area contributed by atoms with Gasteiger partial charge in [0.05, 0.1) is 23.5 Å². The number of tetrazole rings is 1. The summed E-state index contributed by atoms with van der Waals surface area (Å²) in [6.07, 6.45) is 4.50. The number of hydroxylamine groups is 2. The van der Waals surface area contributed by atoms with E-state index in [1.807, 2.05) is 34.9 Å². The van der Waals surface area contributed by atoms with Gasteiger partial charge in [-0.2, -0.15) is 5.06 Å². The molecule has 4 heterocycles. The normalized spacial score (nSPS) is 17.7. The molecule has 2 aliphatic heterocycles. The Hall–Kier alpha value is -4.99. The summed E-state index contributed by atoms with van der Waals surface area (Å²) in [6.45, 7) is 3.49. The molecule has 6 aromatic rings. The highest BCUT2D eigenvalue weighted by Crippen LogP contribution is 2.45. The van der Waals surface area contributed by atoms with Crippen LogP contribution >= 0.6 is 0 Å². The molecule has 4 aromatic carbocycles. The van der Waals surface area contributed by atoms with Crippen molar-refractivity contribution in [1.29, 1.82) is 0 Å². The second-order valence-corrected chi connectivity index (χ2v) is 12.2. The number of H-pyrrole nitrogens is 1. The zero-order valence-corrected chi connectivity index (χ0v) is 25.8. The number of aromatic nitrogens is 6. The quantitative estimate of drug-likeness (QED) is 0.207. The van der Waals surface area contributed by atoms with Crippen molar-refractivity contribution in [2.24, 2.45) is 0 Å². The molecule has 0 amide bonds. The Morgan fingerprint density at radius 3 is 2.61 bits per heavy atom. The fourth-order valence-corrected chi connectivity index (χ4v) is 6.97. The van der Waals surface area contributed by atoms with Gasteiger partial charge in [0.25, 0.3) is 5.56 Å². The van der Waals surface area contributed by atoms with Gasteiger partial charge >= 0.3 is 0 Å². The molecule has 2 atom stereocenters. The van der Waals surface area contributed by atoms with Crippen LogP contribution in [0.4, 0.5) is 0 Å². The molecule has 2 aliphatic rings. The van der Waals surface area contributed by atoms with Crippen molar-refractivity contribution in [3.05, 3.63) is 129 Å². The van der Waals surface area contributed by atoms with E-state index >= 15 is 0 Å². The number of hydrogen-bond acceptors (Lipinski definition) is 7. The lowest BCUT2D eigenvalue weighted by Crippen LogP contribution is -2.29. The van der Waals surface area contributed by atoms with E-state index in [2.05, 4.69) is 93.3 Å². The van der Waals surface area contributed by atoms with E-state index in [1.165, 1.54) is 11.1 Å². The van der Waals surface area contributed by atoms with Gasteiger partial charge in [-0.25, -0.2) is 10.1 Å². The van der Waals surface area contributed by atoms with Gasteiger partial charge in [0.2, 0.25) is 0 Å². The number of rotatable bonds is 8. The Morgan fingerprint density at radius 1 is 0.957 bits per heavy atom. The lowest BCUT2D eigenvalue weighted by Gasteiger charge is -2.29. The summed E-state index contributed by atoms with van der Waals surface area (Å²) >= 11 is 0. The summed E-state index contributed by atoms with van der Waals surface area (Å²) in [5.41, 5.74) is 8.56. The maximum Gasteiger partial charge on any atom is 0.261 e. The standard InChI is InChI=1S/C37H35N7O2/c1-2-3-12-35-38-32-18-17-27(34-22-33-29-10-5-4-8-25(29)19-20-44(33)46-34)21-31(32)37(45)43(35)23-24-13-15-26(16-14-24)28-9-6-7-11-30(28)36-39-41-42-40-36/h4-11,13-18,21,33-34H,2-3,12,19-20,22-23H2,1H3,(H,39,40,41,42)/t33-,34-/m1/s1. The fourth-order valence-electron chi connectivity index (χ4n) is 6.97. The van der Waals surface area contributed by atoms with E-state index in [9.17, 15) is 4.79 Å². The molecule has 46 heavy (non-hydrogen) atoms. The maximum absolute atomic E-state index is 14.2. The van der Waals surface area contributed by atoms with Gasteiger partial charge in [0, 0.05) is 24.9 Å². The van der Waals surface area contributed by atoms with E-state index in [4.69, 9.17) is 9.82 Å². The first-order valence-electron chi connectivity index (χ1n) is 16.1. The number of hydrogen-bond donors (Lipinski definition) is 1. The predicted molar refractivity (Wildman–Crippen MR) is 177 cm³/mol. The van der Waals surface area contributed by atoms with Crippen molar-refractivity contribution >= 4 is 10.9 Å². The average Bonchev–Trinajstić information content (AvgIpc) is 3.80. The van der Waals surface area contributed by atoms with Gasteiger partial charge in [-0.3, -0.25) is 14.2 Å². The Labute approximate surface area is 266 Å². The molecule has 0 unspecified atom stereocenters. The molecule has 2 aromatic heterocycles. The van der Waals surface area contributed by atoms with E-state index in [0.29, 0.717) is 17.8 Å². The Kier molecular flexibility index (Phi) is 7.48. The van der Waals surface area contributed by atoms with E-state index < -0.39 is 0 Å². The highest BCUT2D eigenvalue weighted by Gasteiger charge is 2.38. The zero-order chi connectivity index (χ0) is 31.0. The van der Waals surface area contributed by atoms with Crippen molar-refractivity contribution in [2.75, 3.05) is 6.54 Å². The predicted octanol–water partition coefficient (Wildman–Crippen LogP) is 6.61. The van der Waals surface area contributed by atoms with E-state index in [1.54, 1.807) is 0 Å². The molecule has 0 radical (unpaired) electrons. The third-order valence-electron chi connectivity index (χ3n) is 9.38. The van der Waals surface area contributed by atoms with Crippen LogP contribution in [0.25, 0.3) is 33.4 Å². The Bertz CT molecular complexity index is 2070. The van der Waals surface area contributed by atoms with Crippen LogP contribution in [0, 0.1) is 0 Å². The van der Waals surface area contributed by atoms with Gasteiger partial charge in [0.1, 0.15) is 11.9 Å². The molecule has 0 bridgehead atoms. The second-order valence-electron chi connectivity index (χ2n) is 12.2. The van der Waals surface area contributed by atoms with Crippen molar-refractivity contribution in [2.45, 2.75) is 57.7 Å². The van der Waals surface area contributed by atoms with Crippen LogP contribution in [-0.2, 0) is 24.2 Å². The second kappa shape index (κ2) is 12.1. The summed E-state index contributed by atoms with van der Waals surface area (Å²) in [4.78, 5) is 25.7. The summed E-state index contributed by atoms with van der Waals surface area (Å²) < 4.78 is 1.86. The molecule has 230 valence electrons. The zero-order valence-electron chi connectivity index (χ0n) is 25.8. The largest absolute Gasteiger partial charge is 0.292 e. The maximum atomic E-state index is 14.2. The van der Waals surface area contributed by atoms with Crippen molar-refractivity contribution < 1.29 is 4.84 Å². The number of fused-ring (bicyclic) bond motifs is 4. The van der Waals surface area contributed by atoms with Gasteiger partial charge in [-0.1, -0.05) is 92.2 Å². The minimum absolute atomic E-state index is 0.00809. The first-order chi connectivity index (χ1) is 22.7. The molecule has 9 heteroatoms. The third kappa shape index (κ3) is 5.21. The van der Waals surface area contributed by atoms with Crippen LogP contribution in [0.3, 0.4) is 0 Å². The van der Waals surface area contributed by atoms with Crippen LogP contribution in [0.5, 0.6) is 0 Å². The molecule has 1 fully saturated rings. The molecule has 0 aliphatic carbocycles. The number of nitrogens with zero attached hydrogens (tertiary/aromatic N) is 6. The highest BCUT2D eigenvalue weighted by molar-refractivity contribution is 5.80. The molecular formula is C37H35N7O2. The van der Waals surface area contributed by atoms with Crippen molar-refractivity contribution in [1.82, 2.24) is 35.2 Å². The molecule has 9 nitrogen and oxygen atoms in total. The molecular weight excluding hydrogens is 574 g/mol. The van der Waals surface area contributed by atoms with Gasteiger partial charge in [0.15, 0.2) is 5.82 Å². The third-order valence-corrected chi connectivity index (χ3v) is 9.38. The SMILES string of the molecule is CCCCc1nc2ccc([C@H]3C[C@@H]4c5ccccc5CCN4O3)cc2c(=O)n1Cc1ccc(-c2ccccc2-c2nnn[nH]2)cc1. The van der Waals surface area contributed by atoms with Crippen LogP contribution < -0.4 is 5.56 Å². The lowest BCUT2D eigenvalue weighted by molar-refractivity contribution is -0.167. The summed E-state index contributed by atoms with van der Waals surface area (Å²) in [5.74, 6) is 1.45. The Balaban J connectivity index is 1.11. The van der Waals surface area contributed by atoms with Crippen LogP contribution in [-0.4, -0.2) is 41.8 Å². The summed E-state index contributed by atoms with van der Waals surface area (Å²) in [7, 11) is 0. The summed E-state index contributed by atoms with van der Waals surface area (Å²) in [6, 6.07) is 31.4. The van der Waals surface area contributed by atoms with Crippen LogP contribution in [0.2, 0.25) is 0 Å². The van der Waals surface area contributed by atoms with Gasteiger partial charge < -0.3 is 0 Å². The van der Waals surface area contributed by atoms with Gasteiger partial charge in [-0.15, -0.1) is 5.10 Å². The van der Waals surface area contributed by atoms with Crippen LogP contribution in [0.1, 0.15) is 66.4 Å². The van der Waals surface area contributed by atoms with E-state index in [0.717, 1.165) is 77.8 Å². The first-order valence-corrected chi connectivity index (χ1v) is 16.1. The number of aromatic amines is 1. The molecule has 0 saturated carbocycles. The molecule has 8 rings (SSSR count). The molecule has 0 spiro atoms. The van der Waals surface area contributed by atoms with Crippen LogP contribution in [0.15, 0.2) is 95.8 Å². The number of benzene rings is 4. The summed E-state index contributed by atoms with van der Waals surface area (Å²) in [5, 5.41) is 17.2. The smallest absolute Gasteiger partial charge is 0.261 e. The molecule has 1 N–H and O–H groups in total. The highest BCUT2D eigenvalue weighted by atomic mass is 16.7. The monoisotopic (exact) mass is 609 g/mol. The number of unbranched alkanes of at least 4 members (excludes halogenated alkanes) is 1. The number of nitrogens with one attached hydrogen (secondary N) is 1. The van der Waals surface area contributed by atoms with Gasteiger partial charge in [-0.05, 0) is 68.8 Å². The topological polar surface area (TPSA) is 102 Å². The minimum Gasteiger partial charge on any atom is -0.292 e. The average molecular weight is 610 g/mol. The fraction of sp³-hybridized carbons (Fsp3) is 0.270. The first kappa shape index (κ1) is 28.5. The lowest BCUT2D eigenvalue weighted by atomic mass is 9.90. The van der Waals surface area contributed by atoms with Crippen molar-refractivity contribution in [3.8, 4) is 22.5 Å². The molecule has 1 saturated heterocycles. The van der Waals surface area contributed by atoms with Crippen molar-refractivity contribution in [3.63, 3.8) is 0 Å². The minimum atomic E-state index is -0.101. The van der Waals surface area contributed by atoms with E-state index in [-0.39, 0.29) is 17.7 Å². The number of aryl methyl sites for hydroxylation is 1. The Morgan fingerprint density at radius 2 is 1.78 bits per heavy atom.